The predicted octanol–water partition coefficient (Wildman–Crippen LogP) is -2.24. The monoisotopic (exact) mass is 94.1 g/mol. The summed E-state index contributed by atoms with van der Waals surface area (Å²) >= 11 is 0. The van der Waals surface area contributed by atoms with E-state index in [1.54, 1.807) is 6.92 Å². The molecule has 0 fully saturated rings. The van der Waals surface area contributed by atoms with Crippen molar-refractivity contribution in [2.45, 2.75) is 6.92 Å². The molecule has 0 amide bonds. The van der Waals surface area contributed by atoms with Gasteiger partial charge < -0.3 is 6.53 Å². The van der Waals surface area contributed by atoms with Gasteiger partial charge in [0, 0.05) is 6.08 Å². The van der Waals surface area contributed by atoms with Crippen LogP contribution in [-0.2, 0) is 4.79 Å². The molecular weight excluding hydrogens is 87.0 g/mol. The molecule has 0 spiro atoms. The Labute approximate surface area is 55.9 Å². The van der Waals surface area contributed by atoms with E-state index in [9.17, 15) is 4.79 Å². The number of allylic oxidation sites excluding steroid dienone is 1. The summed E-state index contributed by atoms with van der Waals surface area (Å²) in [6.45, 7) is 1.66. The van der Waals surface area contributed by atoms with Gasteiger partial charge in [0.05, 0.1) is 0 Å². The van der Waals surface area contributed by atoms with Crippen LogP contribution in [0.5, 0.6) is 0 Å². The third kappa shape index (κ3) is 10.7. The van der Waals surface area contributed by atoms with Crippen LogP contribution in [0.4, 0.5) is 0 Å². The Hall–Kier alpha value is -0.193. The summed E-state index contributed by atoms with van der Waals surface area (Å²) in [7, 11) is 0. The third-order valence-electron chi connectivity index (χ3n) is 0.309. The number of hydrogen-bond donors (Lipinski definition) is 1. The predicted molar refractivity (Wildman–Crippen MR) is 23.6 cm³/mol. The minimum absolute atomic E-state index is 0. The van der Waals surface area contributed by atoms with E-state index in [0.717, 1.165) is 6.08 Å². The molecule has 36 valence electrons. The molecule has 0 aliphatic rings. The second-order valence-corrected chi connectivity index (χ2v) is 0.838. The van der Waals surface area contributed by atoms with Crippen molar-refractivity contribution in [2.24, 2.45) is 0 Å². The summed E-state index contributed by atoms with van der Waals surface area (Å²) in [6, 6.07) is 0. The molecule has 1 N–H and O–H groups in total. The Morgan fingerprint density at radius 3 is 2.29 bits per heavy atom. The molecule has 0 aliphatic carbocycles. The minimum Gasteiger partial charge on any atom is -1.00 e. The number of rotatable bonds is 1. The first-order valence-corrected chi connectivity index (χ1v) is 1.63. The molecule has 0 rings (SSSR count). The second-order valence-electron chi connectivity index (χ2n) is 0.838. The van der Waals surface area contributed by atoms with Gasteiger partial charge in [0.1, 0.15) is 0 Å². The Balaban J connectivity index is -0.000000125. The van der Waals surface area contributed by atoms with Crippen molar-refractivity contribution in [3.63, 3.8) is 0 Å². The first-order chi connectivity index (χ1) is 2.77. The van der Waals surface area contributed by atoms with Gasteiger partial charge in [0.25, 0.3) is 0 Å². The van der Waals surface area contributed by atoms with Gasteiger partial charge in [0.2, 0.25) is 0 Å². The van der Waals surface area contributed by atoms with Crippen LogP contribution in [0.2, 0.25) is 0 Å². The van der Waals surface area contributed by atoms with Crippen LogP contribution in [0.25, 0.3) is 0 Å². The normalized spacial score (nSPS) is 8.14. The molecule has 2 nitrogen and oxygen atoms in total. The smallest absolute Gasteiger partial charge is 1.00 e. The van der Waals surface area contributed by atoms with E-state index in [0.29, 0.717) is 0 Å². The van der Waals surface area contributed by atoms with Gasteiger partial charge in [-0.3, -0.25) is 0 Å². The summed E-state index contributed by atoms with van der Waals surface area (Å²) in [5, 5.41) is 7.83. The molecule has 0 bridgehead atoms. The number of hydrogen-bond acceptors (Lipinski definition) is 1. The van der Waals surface area contributed by atoms with E-state index in [2.05, 4.69) is 0 Å². The number of carboxylic acid groups (broad SMARTS) is 1. The molecule has 0 atom stereocenters. The zero-order chi connectivity index (χ0) is 4.99. The number of carbonyl (C=O) groups is 1. The molecule has 0 aromatic rings. The fourth-order valence-electron chi connectivity index (χ4n) is 0.143. The van der Waals surface area contributed by atoms with E-state index in [1.165, 1.54) is 6.08 Å². The molecule has 0 unspecified atom stereocenters. The Morgan fingerprint density at radius 2 is 2.29 bits per heavy atom. The fourth-order valence-corrected chi connectivity index (χ4v) is 0.143. The average molecular weight is 94.0 g/mol. The van der Waals surface area contributed by atoms with Crippen molar-refractivity contribution < 1.29 is 30.2 Å². The molecule has 0 saturated heterocycles. The van der Waals surface area contributed by atoms with Gasteiger partial charge >= 0.3 is 24.8 Å². The molecule has 0 radical (unpaired) electrons. The fraction of sp³-hybridized carbons (Fsp3) is 0.250. The molecule has 0 aromatic heterocycles. The van der Waals surface area contributed by atoms with Crippen LogP contribution in [0.3, 0.4) is 0 Å². The van der Waals surface area contributed by atoms with E-state index in [1.807, 2.05) is 0 Å². The summed E-state index contributed by atoms with van der Waals surface area (Å²) in [5.74, 6) is -0.891. The first-order valence-electron chi connectivity index (χ1n) is 1.63. The maximum absolute atomic E-state index is 9.51. The Bertz CT molecular complexity index is 82.1. The van der Waals surface area contributed by atoms with Crippen molar-refractivity contribution in [1.82, 2.24) is 0 Å². The SMILES string of the molecule is C/C=C/C(=O)O.[H-].[Li+]. The summed E-state index contributed by atoms with van der Waals surface area (Å²) in [6.07, 6.45) is 2.56. The Kier molecular flexibility index (Phi) is 8.24. The standard InChI is InChI=1S/C4H6O2.Li.H/c1-2-3-4(5)6;;/h2-3H,1H3,(H,5,6);;/q;+1;-1/b3-2+;;. The second kappa shape index (κ2) is 5.81. The molecule has 0 aromatic carbocycles. The van der Waals surface area contributed by atoms with Crippen molar-refractivity contribution in [3.05, 3.63) is 12.2 Å². The molecular formula is C4H7LiO2. The molecule has 0 saturated carbocycles. The van der Waals surface area contributed by atoms with Gasteiger partial charge in [0.15, 0.2) is 0 Å². The van der Waals surface area contributed by atoms with E-state index in [4.69, 9.17) is 5.11 Å². The number of aliphatic carboxylic acids is 1. The van der Waals surface area contributed by atoms with Gasteiger partial charge in [-0.15, -0.1) is 0 Å². The largest absolute Gasteiger partial charge is 1.00 e. The van der Waals surface area contributed by atoms with Crippen LogP contribution in [-0.4, -0.2) is 11.1 Å². The van der Waals surface area contributed by atoms with Gasteiger partial charge in [-0.25, -0.2) is 4.79 Å². The van der Waals surface area contributed by atoms with Gasteiger partial charge in [-0.1, -0.05) is 6.08 Å². The zero-order valence-electron chi connectivity index (χ0n) is 5.51. The quantitative estimate of drug-likeness (QED) is 0.295. The number of carboxylic acids is 1. The van der Waals surface area contributed by atoms with Gasteiger partial charge in [-0.05, 0) is 6.92 Å². The van der Waals surface area contributed by atoms with Crippen molar-refractivity contribution in [2.75, 3.05) is 0 Å². The zero-order valence-corrected chi connectivity index (χ0v) is 4.51. The summed E-state index contributed by atoms with van der Waals surface area (Å²) in [4.78, 5) is 9.51. The molecule has 0 heterocycles. The third-order valence-corrected chi connectivity index (χ3v) is 0.309. The summed E-state index contributed by atoms with van der Waals surface area (Å²) in [5.41, 5.74) is 0. The maximum atomic E-state index is 9.51. The summed E-state index contributed by atoms with van der Waals surface area (Å²) < 4.78 is 0. The van der Waals surface area contributed by atoms with Crippen LogP contribution in [0.1, 0.15) is 8.35 Å². The topological polar surface area (TPSA) is 37.3 Å². The van der Waals surface area contributed by atoms with Crippen molar-refractivity contribution in [3.8, 4) is 0 Å². The maximum Gasteiger partial charge on any atom is 1.00 e. The van der Waals surface area contributed by atoms with Crippen LogP contribution in [0, 0.1) is 0 Å². The van der Waals surface area contributed by atoms with Crippen molar-refractivity contribution in [1.29, 1.82) is 0 Å². The van der Waals surface area contributed by atoms with Crippen LogP contribution in [0.15, 0.2) is 12.2 Å². The molecule has 7 heavy (non-hydrogen) atoms. The average Bonchev–Trinajstić information content (AvgIpc) is 1.35. The molecule has 3 heteroatoms. The van der Waals surface area contributed by atoms with E-state index >= 15 is 0 Å². The Morgan fingerprint density at radius 1 is 1.86 bits per heavy atom. The molecule has 0 aliphatic heterocycles. The van der Waals surface area contributed by atoms with Crippen molar-refractivity contribution >= 4 is 5.97 Å². The van der Waals surface area contributed by atoms with E-state index in [-0.39, 0.29) is 20.3 Å². The first kappa shape index (κ1) is 9.93. The van der Waals surface area contributed by atoms with Crippen LogP contribution >= 0.6 is 0 Å². The van der Waals surface area contributed by atoms with Gasteiger partial charge in [-0.2, -0.15) is 0 Å². The van der Waals surface area contributed by atoms with Crippen LogP contribution < -0.4 is 18.9 Å². The minimum atomic E-state index is -0.891. The van der Waals surface area contributed by atoms with E-state index < -0.39 is 5.97 Å².